The third-order valence-electron chi connectivity index (χ3n) is 6.04. The fourth-order valence-corrected chi connectivity index (χ4v) is 3.87. The third-order valence-corrected chi connectivity index (χ3v) is 6.04. The van der Waals surface area contributed by atoms with Crippen LogP contribution in [0.25, 0.3) is 0 Å². The van der Waals surface area contributed by atoms with Crippen LogP contribution in [0.1, 0.15) is 74.8 Å². The molecule has 0 aliphatic heterocycles. The number of carbonyl (C=O) groups is 6. The number of methoxy groups -OCH3 is 1. The number of hydrogen-bond acceptors (Lipinski definition) is 10. The Bertz CT molecular complexity index is 1220. The number of benzene rings is 1. The number of rotatable bonds is 13. The van der Waals surface area contributed by atoms with Gasteiger partial charge in [0, 0.05) is 6.42 Å². The van der Waals surface area contributed by atoms with Crippen LogP contribution in [0.4, 0.5) is 9.59 Å². The second kappa shape index (κ2) is 17.4. The summed E-state index contributed by atoms with van der Waals surface area (Å²) in [6.07, 6.45) is -1.58. The minimum absolute atomic E-state index is 0.0186. The Morgan fingerprint density at radius 1 is 0.696 bits per heavy atom. The van der Waals surface area contributed by atoms with E-state index >= 15 is 0 Å². The maximum absolute atomic E-state index is 13.5. The van der Waals surface area contributed by atoms with Crippen LogP contribution in [0.15, 0.2) is 24.3 Å². The van der Waals surface area contributed by atoms with Crippen LogP contribution < -0.4 is 26.0 Å². The van der Waals surface area contributed by atoms with E-state index in [-0.39, 0.29) is 24.0 Å². The van der Waals surface area contributed by atoms with Gasteiger partial charge in [-0.2, -0.15) is 0 Å². The van der Waals surface area contributed by atoms with Crippen molar-refractivity contribution in [3.8, 4) is 5.75 Å². The number of alkyl carbamates (subject to hydrolysis) is 2. The van der Waals surface area contributed by atoms with Crippen LogP contribution in [0, 0.1) is 11.8 Å². The van der Waals surface area contributed by atoms with Gasteiger partial charge in [-0.15, -0.1) is 0 Å². The van der Waals surface area contributed by atoms with Gasteiger partial charge in [0.05, 0.1) is 7.11 Å². The zero-order valence-corrected chi connectivity index (χ0v) is 28.7. The van der Waals surface area contributed by atoms with Crippen molar-refractivity contribution >= 4 is 35.9 Å². The molecule has 0 fully saturated rings. The summed E-state index contributed by atoms with van der Waals surface area (Å²) in [6.45, 7) is 16.7. The molecule has 0 saturated carbocycles. The minimum atomic E-state index is -1.17. The highest BCUT2D eigenvalue weighted by Gasteiger charge is 2.33. The quantitative estimate of drug-likeness (QED) is 0.140. The summed E-state index contributed by atoms with van der Waals surface area (Å²) in [5, 5.41) is 10.2. The van der Waals surface area contributed by atoms with Crippen molar-refractivity contribution in [3.05, 3.63) is 29.8 Å². The summed E-state index contributed by atoms with van der Waals surface area (Å²) in [5.41, 5.74) is -0.941. The standard InChI is InChI=1S/C32H50N4O10/c1-18(2)24(36-30(42)46-32(8,9)10)27(39)34-22(26(38)35-25(19(3)4)28(40)43-11)16-20-12-14-21(15-13-20)44-23(37)17-33-29(41)45-31(5,6)7/h12-15,18-19,22,24-25H,16-17H2,1-11H3,(H,33,41)(H,34,39)(H,35,38)(H,36,42). The number of esters is 2. The van der Waals surface area contributed by atoms with Gasteiger partial charge in [-0.25, -0.2) is 19.2 Å². The number of ether oxygens (including phenoxy) is 4. The summed E-state index contributed by atoms with van der Waals surface area (Å²) in [7, 11) is 1.21. The van der Waals surface area contributed by atoms with Crippen molar-refractivity contribution < 1.29 is 47.7 Å². The zero-order chi connectivity index (χ0) is 35.4. The second-order valence-electron chi connectivity index (χ2n) is 13.4. The molecular formula is C32H50N4O10. The van der Waals surface area contributed by atoms with E-state index in [4.69, 9.17) is 18.9 Å². The molecule has 4 N–H and O–H groups in total. The SMILES string of the molecule is COC(=O)C(NC(=O)C(Cc1ccc(OC(=O)CNC(=O)OC(C)(C)C)cc1)NC(=O)C(NC(=O)OC(C)(C)C)C(C)C)C(C)C. The molecule has 0 aliphatic carbocycles. The molecule has 1 aromatic rings. The van der Waals surface area contributed by atoms with Crippen LogP contribution in [-0.4, -0.2) is 78.9 Å². The molecule has 1 rings (SSSR count). The van der Waals surface area contributed by atoms with Gasteiger partial charge in [0.25, 0.3) is 0 Å². The summed E-state index contributed by atoms with van der Waals surface area (Å²) < 4.78 is 20.5. The first-order valence-electron chi connectivity index (χ1n) is 15.1. The van der Waals surface area contributed by atoms with E-state index < -0.39 is 71.8 Å². The Labute approximate surface area is 271 Å². The van der Waals surface area contributed by atoms with Gasteiger partial charge in [-0.1, -0.05) is 39.8 Å². The molecule has 0 aliphatic rings. The monoisotopic (exact) mass is 650 g/mol. The van der Waals surface area contributed by atoms with Gasteiger partial charge >= 0.3 is 24.1 Å². The van der Waals surface area contributed by atoms with Crippen LogP contribution in [-0.2, 0) is 39.8 Å². The number of amides is 4. The molecule has 14 nitrogen and oxygen atoms in total. The van der Waals surface area contributed by atoms with Crippen LogP contribution in [0.2, 0.25) is 0 Å². The lowest BCUT2D eigenvalue weighted by atomic mass is 9.99. The van der Waals surface area contributed by atoms with Crippen molar-refractivity contribution in [2.75, 3.05) is 13.7 Å². The lowest BCUT2D eigenvalue weighted by molar-refractivity contribution is -0.146. The molecule has 4 amide bonds. The molecule has 0 spiro atoms. The van der Waals surface area contributed by atoms with Gasteiger partial charge in [0.2, 0.25) is 11.8 Å². The first-order valence-corrected chi connectivity index (χ1v) is 15.1. The minimum Gasteiger partial charge on any atom is -0.467 e. The Kier molecular flexibility index (Phi) is 15.0. The molecule has 0 heterocycles. The van der Waals surface area contributed by atoms with Crippen LogP contribution in [0.5, 0.6) is 5.75 Å². The second-order valence-corrected chi connectivity index (χ2v) is 13.4. The fourth-order valence-electron chi connectivity index (χ4n) is 3.87. The van der Waals surface area contributed by atoms with E-state index in [9.17, 15) is 28.8 Å². The van der Waals surface area contributed by atoms with Crippen LogP contribution in [0.3, 0.4) is 0 Å². The van der Waals surface area contributed by atoms with Gasteiger partial charge in [0.1, 0.15) is 41.6 Å². The number of hydrogen-bond donors (Lipinski definition) is 4. The van der Waals surface area contributed by atoms with Gasteiger partial charge in [0.15, 0.2) is 0 Å². The summed E-state index contributed by atoms with van der Waals surface area (Å²) in [5.74, 6) is -3.17. The highest BCUT2D eigenvalue weighted by Crippen LogP contribution is 2.16. The molecule has 3 unspecified atom stereocenters. The van der Waals surface area contributed by atoms with Crippen molar-refractivity contribution in [2.45, 2.75) is 105 Å². The molecule has 1 aromatic carbocycles. The van der Waals surface area contributed by atoms with E-state index in [0.29, 0.717) is 5.56 Å². The predicted molar refractivity (Wildman–Crippen MR) is 169 cm³/mol. The third kappa shape index (κ3) is 15.1. The van der Waals surface area contributed by atoms with Gasteiger partial charge < -0.3 is 40.2 Å². The van der Waals surface area contributed by atoms with E-state index in [2.05, 4.69) is 21.3 Å². The average molecular weight is 651 g/mol. The Morgan fingerprint density at radius 2 is 1.22 bits per heavy atom. The normalized spacial score (nSPS) is 13.5. The Morgan fingerprint density at radius 3 is 1.70 bits per heavy atom. The first-order chi connectivity index (χ1) is 21.1. The Hall–Kier alpha value is -4.36. The van der Waals surface area contributed by atoms with Crippen molar-refractivity contribution in [1.29, 1.82) is 0 Å². The summed E-state index contributed by atoms with van der Waals surface area (Å²) in [4.78, 5) is 75.7. The topological polar surface area (TPSA) is 187 Å². The maximum Gasteiger partial charge on any atom is 0.408 e. The van der Waals surface area contributed by atoms with E-state index in [1.165, 1.54) is 19.2 Å². The van der Waals surface area contributed by atoms with E-state index in [1.807, 2.05) is 0 Å². The molecule has 0 saturated heterocycles. The number of nitrogens with one attached hydrogen (secondary N) is 4. The molecular weight excluding hydrogens is 600 g/mol. The van der Waals surface area contributed by atoms with Gasteiger partial charge in [-0.3, -0.25) is 9.59 Å². The van der Waals surface area contributed by atoms with Gasteiger partial charge in [-0.05, 0) is 71.1 Å². The molecule has 46 heavy (non-hydrogen) atoms. The highest BCUT2D eigenvalue weighted by molar-refractivity contribution is 5.93. The molecule has 0 bridgehead atoms. The molecule has 14 heteroatoms. The van der Waals surface area contributed by atoms with E-state index in [1.54, 1.807) is 81.4 Å². The molecule has 0 radical (unpaired) electrons. The molecule has 3 atom stereocenters. The summed E-state index contributed by atoms with van der Waals surface area (Å²) >= 11 is 0. The lowest BCUT2D eigenvalue weighted by Crippen LogP contribution is -2.58. The fraction of sp³-hybridized carbons (Fsp3) is 0.625. The van der Waals surface area contributed by atoms with Crippen molar-refractivity contribution in [2.24, 2.45) is 11.8 Å². The number of carbonyl (C=O) groups excluding carboxylic acids is 6. The smallest absolute Gasteiger partial charge is 0.408 e. The predicted octanol–water partition coefficient (Wildman–Crippen LogP) is 3.01. The van der Waals surface area contributed by atoms with Crippen molar-refractivity contribution in [3.63, 3.8) is 0 Å². The first kappa shape index (κ1) is 39.7. The molecule has 0 aromatic heterocycles. The van der Waals surface area contributed by atoms with E-state index in [0.717, 1.165) is 0 Å². The maximum atomic E-state index is 13.5. The Balaban J connectivity index is 3.13. The van der Waals surface area contributed by atoms with Crippen molar-refractivity contribution in [1.82, 2.24) is 21.3 Å². The highest BCUT2D eigenvalue weighted by atomic mass is 16.6. The lowest BCUT2D eigenvalue weighted by Gasteiger charge is -2.28. The average Bonchev–Trinajstić information content (AvgIpc) is 2.91. The van der Waals surface area contributed by atoms with Crippen LogP contribution >= 0.6 is 0 Å². The molecule has 258 valence electrons. The zero-order valence-electron chi connectivity index (χ0n) is 28.7. The summed E-state index contributed by atoms with van der Waals surface area (Å²) in [6, 6.07) is 2.97. The largest absolute Gasteiger partial charge is 0.467 e.